The number of carbonyl (C=O) groups is 2. The molecule has 0 aromatic carbocycles. The van der Waals surface area contributed by atoms with Crippen LogP contribution in [0.2, 0.25) is 0 Å². The van der Waals surface area contributed by atoms with Gasteiger partial charge in [-0.1, -0.05) is 20.8 Å². The monoisotopic (exact) mass is 228 g/mol. The van der Waals surface area contributed by atoms with Crippen LogP contribution in [-0.4, -0.2) is 23.7 Å². The van der Waals surface area contributed by atoms with Crippen molar-refractivity contribution in [2.45, 2.75) is 33.6 Å². The summed E-state index contributed by atoms with van der Waals surface area (Å²) in [6.45, 7) is 6.19. The highest BCUT2D eigenvalue weighted by Crippen LogP contribution is 2.41. The molecule has 1 aliphatic carbocycles. The third-order valence-electron chi connectivity index (χ3n) is 3.56. The van der Waals surface area contributed by atoms with Crippen molar-refractivity contribution in [3.05, 3.63) is 0 Å². The van der Waals surface area contributed by atoms with Crippen LogP contribution in [0, 0.1) is 23.7 Å². The van der Waals surface area contributed by atoms with E-state index in [1.54, 1.807) is 0 Å². The number of hydrogen-bond acceptors (Lipinski definition) is 3. The fraction of sp³-hybridized carbons (Fsp3) is 0.833. The van der Waals surface area contributed by atoms with E-state index in [1.807, 2.05) is 20.8 Å². The normalized spacial score (nSPS) is 33.7. The number of carbonyl (C=O) groups excluding carboxylic acids is 1. The van der Waals surface area contributed by atoms with Crippen LogP contribution in [0.5, 0.6) is 0 Å². The molecule has 4 unspecified atom stereocenters. The van der Waals surface area contributed by atoms with E-state index in [4.69, 9.17) is 9.84 Å². The minimum Gasteiger partial charge on any atom is -0.481 e. The Kier molecular flexibility index (Phi) is 4.33. The standard InChI is InChI=1S/C12H20O4/c1-4-5-16-12(15)9-6-7(2)8(3)10(9)11(13)14/h7-10H,4-6H2,1-3H3,(H,13,14). The fourth-order valence-electron chi connectivity index (χ4n) is 2.43. The molecule has 16 heavy (non-hydrogen) atoms. The van der Waals surface area contributed by atoms with Gasteiger partial charge in [0.1, 0.15) is 0 Å². The Balaban J connectivity index is 2.71. The molecule has 0 saturated heterocycles. The number of ether oxygens (including phenoxy) is 1. The average molecular weight is 228 g/mol. The van der Waals surface area contributed by atoms with E-state index >= 15 is 0 Å². The zero-order valence-corrected chi connectivity index (χ0v) is 10.1. The molecule has 92 valence electrons. The van der Waals surface area contributed by atoms with Gasteiger partial charge in [0.2, 0.25) is 0 Å². The first-order valence-corrected chi connectivity index (χ1v) is 5.88. The summed E-state index contributed by atoms with van der Waals surface area (Å²) in [5, 5.41) is 9.14. The second-order valence-electron chi connectivity index (χ2n) is 4.71. The van der Waals surface area contributed by atoms with Gasteiger partial charge >= 0.3 is 11.9 Å². The van der Waals surface area contributed by atoms with Gasteiger partial charge < -0.3 is 9.84 Å². The summed E-state index contributed by atoms with van der Waals surface area (Å²) in [7, 11) is 0. The minimum absolute atomic E-state index is 0.0386. The second-order valence-corrected chi connectivity index (χ2v) is 4.71. The molecule has 1 aliphatic rings. The second kappa shape index (κ2) is 5.32. The molecule has 0 amide bonds. The molecule has 1 saturated carbocycles. The zero-order chi connectivity index (χ0) is 12.3. The molecular weight excluding hydrogens is 208 g/mol. The fourth-order valence-corrected chi connectivity index (χ4v) is 2.43. The summed E-state index contributed by atoms with van der Waals surface area (Å²) in [4.78, 5) is 22.9. The number of carboxylic acid groups (broad SMARTS) is 1. The Labute approximate surface area is 96.0 Å². The number of rotatable bonds is 4. The van der Waals surface area contributed by atoms with Crippen molar-refractivity contribution in [2.75, 3.05) is 6.61 Å². The van der Waals surface area contributed by atoms with Crippen molar-refractivity contribution in [3.63, 3.8) is 0 Å². The molecular formula is C12H20O4. The van der Waals surface area contributed by atoms with Crippen molar-refractivity contribution in [1.29, 1.82) is 0 Å². The van der Waals surface area contributed by atoms with Crippen LogP contribution >= 0.6 is 0 Å². The molecule has 0 aromatic rings. The van der Waals surface area contributed by atoms with E-state index in [9.17, 15) is 9.59 Å². The number of aliphatic carboxylic acids is 1. The highest BCUT2D eigenvalue weighted by atomic mass is 16.5. The molecule has 1 rings (SSSR count). The Morgan fingerprint density at radius 3 is 2.50 bits per heavy atom. The minimum atomic E-state index is -0.879. The van der Waals surface area contributed by atoms with Crippen LogP contribution in [0.15, 0.2) is 0 Å². The molecule has 0 radical (unpaired) electrons. The molecule has 1 N–H and O–H groups in total. The molecule has 4 atom stereocenters. The molecule has 4 heteroatoms. The molecule has 1 fully saturated rings. The summed E-state index contributed by atoms with van der Waals surface area (Å²) < 4.78 is 5.05. The third-order valence-corrected chi connectivity index (χ3v) is 3.56. The van der Waals surface area contributed by atoms with Gasteiger partial charge in [-0.25, -0.2) is 0 Å². The number of esters is 1. The molecule has 4 nitrogen and oxygen atoms in total. The highest BCUT2D eigenvalue weighted by Gasteiger charge is 2.47. The van der Waals surface area contributed by atoms with Gasteiger partial charge in [-0.15, -0.1) is 0 Å². The van der Waals surface area contributed by atoms with Gasteiger partial charge in [-0.3, -0.25) is 9.59 Å². The van der Waals surface area contributed by atoms with Gasteiger partial charge in [-0.05, 0) is 24.7 Å². The molecule has 0 aromatic heterocycles. The van der Waals surface area contributed by atoms with Crippen molar-refractivity contribution in [3.8, 4) is 0 Å². The first-order chi connectivity index (χ1) is 7.49. The van der Waals surface area contributed by atoms with Gasteiger partial charge in [0.15, 0.2) is 0 Å². The third kappa shape index (κ3) is 2.54. The van der Waals surface area contributed by atoms with Crippen LogP contribution in [-0.2, 0) is 14.3 Å². The Hall–Kier alpha value is -1.06. The van der Waals surface area contributed by atoms with Crippen LogP contribution in [0.25, 0.3) is 0 Å². The Morgan fingerprint density at radius 2 is 2.00 bits per heavy atom. The lowest BCUT2D eigenvalue weighted by atomic mass is 9.89. The van der Waals surface area contributed by atoms with Gasteiger partial charge in [-0.2, -0.15) is 0 Å². The Morgan fingerprint density at radius 1 is 1.38 bits per heavy atom. The molecule has 0 bridgehead atoms. The van der Waals surface area contributed by atoms with E-state index in [0.29, 0.717) is 13.0 Å². The predicted octanol–water partition coefficient (Wildman–Crippen LogP) is 1.93. The van der Waals surface area contributed by atoms with Gasteiger partial charge in [0.05, 0.1) is 18.4 Å². The lowest BCUT2D eigenvalue weighted by Crippen LogP contribution is -2.30. The highest BCUT2D eigenvalue weighted by molar-refractivity contribution is 5.82. The Bertz CT molecular complexity index is 274. The van der Waals surface area contributed by atoms with Crippen molar-refractivity contribution < 1.29 is 19.4 Å². The van der Waals surface area contributed by atoms with Crippen LogP contribution in [0.4, 0.5) is 0 Å². The van der Waals surface area contributed by atoms with Gasteiger partial charge in [0.25, 0.3) is 0 Å². The van der Waals surface area contributed by atoms with Gasteiger partial charge in [0, 0.05) is 0 Å². The van der Waals surface area contributed by atoms with Crippen molar-refractivity contribution >= 4 is 11.9 Å². The van der Waals surface area contributed by atoms with E-state index in [2.05, 4.69) is 0 Å². The maximum atomic E-state index is 11.7. The summed E-state index contributed by atoms with van der Waals surface area (Å²) >= 11 is 0. The topological polar surface area (TPSA) is 63.6 Å². The first-order valence-electron chi connectivity index (χ1n) is 5.88. The molecule has 0 aliphatic heterocycles. The van der Waals surface area contributed by atoms with E-state index < -0.39 is 17.8 Å². The quantitative estimate of drug-likeness (QED) is 0.747. The largest absolute Gasteiger partial charge is 0.481 e. The summed E-state index contributed by atoms with van der Waals surface area (Å²) in [5.74, 6) is -1.97. The smallest absolute Gasteiger partial charge is 0.309 e. The van der Waals surface area contributed by atoms with E-state index in [-0.39, 0.29) is 17.8 Å². The summed E-state index contributed by atoms with van der Waals surface area (Å²) in [6.07, 6.45) is 1.39. The number of carboxylic acids is 1. The summed E-state index contributed by atoms with van der Waals surface area (Å²) in [6, 6.07) is 0. The first kappa shape index (κ1) is 13.0. The number of hydrogen-bond donors (Lipinski definition) is 1. The summed E-state index contributed by atoms with van der Waals surface area (Å²) in [5.41, 5.74) is 0. The van der Waals surface area contributed by atoms with Crippen LogP contribution < -0.4 is 0 Å². The van der Waals surface area contributed by atoms with E-state index in [0.717, 1.165) is 6.42 Å². The SMILES string of the molecule is CCCOC(=O)C1CC(C)C(C)C1C(=O)O. The molecule has 0 spiro atoms. The zero-order valence-electron chi connectivity index (χ0n) is 10.1. The van der Waals surface area contributed by atoms with Crippen molar-refractivity contribution in [2.24, 2.45) is 23.7 Å². The maximum absolute atomic E-state index is 11.7. The molecule has 0 heterocycles. The van der Waals surface area contributed by atoms with Crippen LogP contribution in [0.1, 0.15) is 33.6 Å². The lowest BCUT2D eigenvalue weighted by molar-refractivity contribution is -0.157. The lowest BCUT2D eigenvalue weighted by Gasteiger charge is -2.17. The average Bonchev–Trinajstić information content (AvgIpc) is 2.52. The maximum Gasteiger partial charge on any atom is 0.309 e. The van der Waals surface area contributed by atoms with E-state index in [1.165, 1.54) is 0 Å². The van der Waals surface area contributed by atoms with Crippen LogP contribution in [0.3, 0.4) is 0 Å². The predicted molar refractivity (Wildman–Crippen MR) is 58.8 cm³/mol. The van der Waals surface area contributed by atoms with Crippen molar-refractivity contribution in [1.82, 2.24) is 0 Å².